The van der Waals surface area contributed by atoms with Crippen LogP contribution in [-0.4, -0.2) is 43.4 Å². The monoisotopic (exact) mass is 283 g/mol. The van der Waals surface area contributed by atoms with Gasteiger partial charge in [0.05, 0.1) is 30.8 Å². The second-order valence-electron chi connectivity index (χ2n) is 4.04. The molecule has 1 aromatic rings. The molecule has 0 saturated carbocycles. The van der Waals surface area contributed by atoms with Gasteiger partial charge < -0.3 is 20.5 Å². The molecular formula is C13H21N3O2S. The van der Waals surface area contributed by atoms with Gasteiger partial charge in [0.15, 0.2) is 0 Å². The van der Waals surface area contributed by atoms with Crippen LogP contribution in [0, 0.1) is 0 Å². The number of ether oxygens (including phenoxy) is 2. The van der Waals surface area contributed by atoms with Gasteiger partial charge in [-0.05, 0) is 25.0 Å². The van der Waals surface area contributed by atoms with Crippen LogP contribution in [0.15, 0.2) is 18.3 Å². The van der Waals surface area contributed by atoms with Gasteiger partial charge in [-0.1, -0.05) is 12.2 Å². The SMILES string of the molecule is COCCOCCCCNc1ccc(C(N)=S)nc1. The van der Waals surface area contributed by atoms with Gasteiger partial charge in [0.1, 0.15) is 4.99 Å². The lowest BCUT2D eigenvalue weighted by atomic mass is 10.3. The minimum atomic E-state index is 0.319. The van der Waals surface area contributed by atoms with Crippen LogP contribution in [0.25, 0.3) is 0 Å². The van der Waals surface area contributed by atoms with Crippen LogP contribution in [0.2, 0.25) is 0 Å². The lowest BCUT2D eigenvalue weighted by molar-refractivity contribution is 0.0691. The van der Waals surface area contributed by atoms with E-state index in [0.29, 0.717) is 23.9 Å². The van der Waals surface area contributed by atoms with Crippen molar-refractivity contribution >= 4 is 22.9 Å². The normalized spacial score (nSPS) is 10.4. The number of rotatable bonds is 10. The van der Waals surface area contributed by atoms with Crippen molar-refractivity contribution in [2.24, 2.45) is 5.73 Å². The maximum atomic E-state index is 5.48. The summed E-state index contributed by atoms with van der Waals surface area (Å²) in [6.07, 6.45) is 3.81. The van der Waals surface area contributed by atoms with Crippen molar-refractivity contribution in [1.82, 2.24) is 4.98 Å². The van der Waals surface area contributed by atoms with Gasteiger partial charge in [-0.2, -0.15) is 0 Å². The van der Waals surface area contributed by atoms with Gasteiger partial charge in [-0.25, -0.2) is 0 Å². The van der Waals surface area contributed by atoms with E-state index >= 15 is 0 Å². The van der Waals surface area contributed by atoms with E-state index in [1.54, 1.807) is 13.3 Å². The third-order valence-electron chi connectivity index (χ3n) is 2.49. The van der Waals surface area contributed by atoms with Crippen molar-refractivity contribution in [1.29, 1.82) is 0 Å². The molecule has 1 heterocycles. The van der Waals surface area contributed by atoms with Crippen LogP contribution in [0.5, 0.6) is 0 Å². The first-order valence-electron chi connectivity index (χ1n) is 6.30. The molecule has 0 aliphatic heterocycles. The van der Waals surface area contributed by atoms with Crippen LogP contribution in [0.1, 0.15) is 18.5 Å². The van der Waals surface area contributed by atoms with E-state index < -0.39 is 0 Å². The molecule has 0 aliphatic carbocycles. The molecule has 0 fully saturated rings. The first-order chi connectivity index (χ1) is 9.24. The Balaban J connectivity index is 2.07. The summed E-state index contributed by atoms with van der Waals surface area (Å²) in [5.41, 5.74) is 7.10. The molecule has 1 rings (SSSR count). The van der Waals surface area contributed by atoms with E-state index in [1.165, 1.54) is 0 Å². The van der Waals surface area contributed by atoms with E-state index in [9.17, 15) is 0 Å². The largest absolute Gasteiger partial charge is 0.388 e. The highest BCUT2D eigenvalue weighted by atomic mass is 32.1. The summed E-state index contributed by atoms with van der Waals surface area (Å²) in [5.74, 6) is 0. The number of nitrogens with one attached hydrogen (secondary N) is 1. The first-order valence-corrected chi connectivity index (χ1v) is 6.71. The molecule has 106 valence electrons. The van der Waals surface area contributed by atoms with Crippen molar-refractivity contribution in [3.8, 4) is 0 Å². The average Bonchev–Trinajstić information content (AvgIpc) is 2.42. The Hall–Kier alpha value is -1.24. The second kappa shape index (κ2) is 9.66. The quantitative estimate of drug-likeness (QED) is 0.502. The zero-order chi connectivity index (χ0) is 13.9. The van der Waals surface area contributed by atoms with Gasteiger partial charge in [-0.15, -0.1) is 0 Å². The zero-order valence-corrected chi connectivity index (χ0v) is 12.0. The van der Waals surface area contributed by atoms with Crippen LogP contribution >= 0.6 is 12.2 Å². The number of pyridine rings is 1. The van der Waals surface area contributed by atoms with Crippen LogP contribution in [0.4, 0.5) is 5.69 Å². The Kier molecular flexibility index (Phi) is 8.04. The van der Waals surface area contributed by atoms with Crippen molar-refractivity contribution < 1.29 is 9.47 Å². The molecule has 19 heavy (non-hydrogen) atoms. The highest BCUT2D eigenvalue weighted by Gasteiger charge is 1.98. The highest BCUT2D eigenvalue weighted by molar-refractivity contribution is 7.80. The van der Waals surface area contributed by atoms with E-state index in [4.69, 9.17) is 27.4 Å². The van der Waals surface area contributed by atoms with Gasteiger partial charge in [0.2, 0.25) is 0 Å². The molecule has 0 saturated heterocycles. The summed E-state index contributed by atoms with van der Waals surface area (Å²) in [7, 11) is 1.67. The van der Waals surface area contributed by atoms with Crippen LogP contribution in [-0.2, 0) is 9.47 Å². The summed E-state index contributed by atoms with van der Waals surface area (Å²) in [4.78, 5) is 4.48. The predicted octanol–water partition coefficient (Wildman–Crippen LogP) is 1.57. The molecule has 0 atom stereocenters. The fourth-order valence-corrected chi connectivity index (χ4v) is 1.57. The molecule has 0 aromatic carbocycles. The number of nitrogens with zero attached hydrogens (tertiary/aromatic N) is 1. The molecule has 0 unspecified atom stereocenters. The maximum absolute atomic E-state index is 5.48. The Labute approximate surface area is 119 Å². The Morgan fingerprint density at radius 3 is 2.79 bits per heavy atom. The topological polar surface area (TPSA) is 69.4 Å². The third kappa shape index (κ3) is 7.05. The number of methoxy groups -OCH3 is 1. The molecule has 0 amide bonds. The summed E-state index contributed by atoms with van der Waals surface area (Å²) in [5, 5.41) is 3.29. The number of unbranched alkanes of at least 4 members (excludes halogenated alkanes) is 1. The van der Waals surface area contributed by atoms with Gasteiger partial charge in [-0.3, -0.25) is 4.98 Å². The maximum Gasteiger partial charge on any atom is 0.122 e. The van der Waals surface area contributed by atoms with Crippen LogP contribution < -0.4 is 11.1 Å². The lowest BCUT2D eigenvalue weighted by Gasteiger charge is -2.07. The number of anilines is 1. The van der Waals surface area contributed by atoms with E-state index in [0.717, 1.165) is 31.7 Å². The number of aromatic nitrogens is 1. The molecule has 5 nitrogen and oxygen atoms in total. The molecule has 6 heteroatoms. The van der Waals surface area contributed by atoms with Crippen molar-refractivity contribution in [2.45, 2.75) is 12.8 Å². The van der Waals surface area contributed by atoms with Gasteiger partial charge in [0, 0.05) is 20.3 Å². The third-order valence-corrected chi connectivity index (χ3v) is 2.70. The fraction of sp³-hybridized carbons (Fsp3) is 0.538. The fourth-order valence-electron chi connectivity index (χ4n) is 1.45. The number of thiocarbonyl (C=S) groups is 1. The Morgan fingerprint density at radius 2 is 2.16 bits per heavy atom. The zero-order valence-electron chi connectivity index (χ0n) is 11.2. The van der Waals surface area contributed by atoms with E-state index in [-0.39, 0.29) is 0 Å². The summed E-state index contributed by atoms with van der Waals surface area (Å²) < 4.78 is 10.3. The highest BCUT2D eigenvalue weighted by Crippen LogP contribution is 2.06. The smallest absolute Gasteiger partial charge is 0.122 e. The van der Waals surface area contributed by atoms with E-state index in [2.05, 4.69) is 10.3 Å². The number of hydrogen-bond donors (Lipinski definition) is 2. The minimum absolute atomic E-state index is 0.319. The Morgan fingerprint density at radius 1 is 1.32 bits per heavy atom. The Bertz CT molecular complexity index is 371. The molecule has 0 aliphatic rings. The predicted molar refractivity (Wildman–Crippen MR) is 80.5 cm³/mol. The summed E-state index contributed by atoms with van der Waals surface area (Å²) >= 11 is 4.84. The molecule has 3 N–H and O–H groups in total. The molecule has 1 aromatic heterocycles. The number of hydrogen-bond acceptors (Lipinski definition) is 5. The van der Waals surface area contributed by atoms with Crippen molar-refractivity contribution in [3.63, 3.8) is 0 Å². The van der Waals surface area contributed by atoms with Gasteiger partial charge >= 0.3 is 0 Å². The van der Waals surface area contributed by atoms with Crippen molar-refractivity contribution in [2.75, 3.05) is 38.8 Å². The van der Waals surface area contributed by atoms with Crippen LogP contribution in [0.3, 0.4) is 0 Å². The molecule has 0 bridgehead atoms. The minimum Gasteiger partial charge on any atom is -0.388 e. The summed E-state index contributed by atoms with van der Waals surface area (Å²) in [6.45, 7) is 2.97. The standard InChI is InChI=1S/C13H21N3O2S/c1-17-8-9-18-7-3-2-6-15-11-4-5-12(13(14)19)16-10-11/h4-5,10,15H,2-3,6-9H2,1H3,(H2,14,19). The lowest BCUT2D eigenvalue weighted by Crippen LogP contribution is -2.11. The van der Waals surface area contributed by atoms with Crippen molar-refractivity contribution in [3.05, 3.63) is 24.0 Å². The molecule has 0 radical (unpaired) electrons. The second-order valence-corrected chi connectivity index (χ2v) is 4.48. The molecule has 0 spiro atoms. The van der Waals surface area contributed by atoms with E-state index in [1.807, 2.05) is 12.1 Å². The molecular weight excluding hydrogens is 262 g/mol. The first kappa shape index (κ1) is 15.8. The summed E-state index contributed by atoms with van der Waals surface area (Å²) in [6, 6.07) is 3.75. The number of nitrogens with two attached hydrogens (primary N) is 1. The average molecular weight is 283 g/mol. The van der Waals surface area contributed by atoms with Gasteiger partial charge in [0.25, 0.3) is 0 Å².